The van der Waals surface area contributed by atoms with Crippen molar-refractivity contribution in [2.24, 2.45) is 4.99 Å². The lowest BCUT2D eigenvalue weighted by Gasteiger charge is -2.32. The SMILES string of the molecule is CN=C(NCCC1=CCCCC1)N1CCC(N2CCOCC2)C1. The second kappa shape index (κ2) is 8.69. The standard InChI is InChI=1S/C18H32N4O/c1-19-18(20-9-7-16-5-3-2-4-6-16)22-10-8-17(15-22)21-11-13-23-14-12-21/h5,17H,2-4,6-15H2,1H3,(H,19,20). The van der Waals surface area contributed by atoms with Gasteiger partial charge in [-0.1, -0.05) is 11.6 Å². The van der Waals surface area contributed by atoms with Gasteiger partial charge in [0.05, 0.1) is 13.2 Å². The summed E-state index contributed by atoms with van der Waals surface area (Å²) in [5.74, 6) is 1.08. The van der Waals surface area contributed by atoms with Gasteiger partial charge in [-0.15, -0.1) is 0 Å². The van der Waals surface area contributed by atoms with Crippen molar-refractivity contribution in [1.29, 1.82) is 0 Å². The van der Waals surface area contributed by atoms with Crippen LogP contribution in [0.25, 0.3) is 0 Å². The number of guanidine groups is 1. The van der Waals surface area contributed by atoms with Gasteiger partial charge in [-0.25, -0.2) is 0 Å². The second-order valence-corrected chi connectivity index (χ2v) is 6.87. The van der Waals surface area contributed by atoms with Crippen molar-refractivity contribution < 1.29 is 4.74 Å². The van der Waals surface area contributed by atoms with Crippen molar-refractivity contribution in [3.05, 3.63) is 11.6 Å². The molecular weight excluding hydrogens is 288 g/mol. The van der Waals surface area contributed by atoms with Crippen molar-refractivity contribution in [2.75, 3.05) is 53.0 Å². The molecule has 0 aromatic carbocycles. The Bertz CT molecular complexity index is 429. The van der Waals surface area contributed by atoms with Crippen LogP contribution in [-0.2, 0) is 4.74 Å². The van der Waals surface area contributed by atoms with Crippen LogP contribution in [0.3, 0.4) is 0 Å². The van der Waals surface area contributed by atoms with Crippen LogP contribution < -0.4 is 5.32 Å². The van der Waals surface area contributed by atoms with Crippen LogP contribution >= 0.6 is 0 Å². The highest BCUT2D eigenvalue weighted by Gasteiger charge is 2.30. The van der Waals surface area contributed by atoms with Gasteiger partial charge in [0.15, 0.2) is 5.96 Å². The van der Waals surface area contributed by atoms with E-state index in [1.807, 2.05) is 7.05 Å². The first kappa shape index (κ1) is 16.8. The van der Waals surface area contributed by atoms with E-state index < -0.39 is 0 Å². The molecule has 0 bridgehead atoms. The minimum absolute atomic E-state index is 0.665. The van der Waals surface area contributed by atoms with E-state index in [9.17, 15) is 0 Å². The minimum Gasteiger partial charge on any atom is -0.379 e. The lowest BCUT2D eigenvalue weighted by molar-refractivity contribution is 0.0195. The molecule has 1 N–H and O–H groups in total. The van der Waals surface area contributed by atoms with Gasteiger partial charge in [0.25, 0.3) is 0 Å². The molecule has 0 amide bonds. The molecular formula is C18H32N4O. The maximum atomic E-state index is 5.47. The molecule has 3 rings (SSSR count). The normalized spacial score (nSPS) is 27.2. The number of hydrogen-bond donors (Lipinski definition) is 1. The summed E-state index contributed by atoms with van der Waals surface area (Å²) >= 11 is 0. The average Bonchev–Trinajstić information content (AvgIpc) is 3.10. The highest BCUT2D eigenvalue weighted by atomic mass is 16.5. The first-order valence-electron chi connectivity index (χ1n) is 9.32. The third kappa shape index (κ3) is 4.70. The topological polar surface area (TPSA) is 40.1 Å². The van der Waals surface area contributed by atoms with Crippen LogP contribution in [0, 0.1) is 0 Å². The first-order chi connectivity index (χ1) is 11.4. The number of allylic oxidation sites excluding steroid dienone is 1. The van der Waals surface area contributed by atoms with E-state index in [1.54, 1.807) is 5.57 Å². The van der Waals surface area contributed by atoms with Crippen molar-refractivity contribution >= 4 is 5.96 Å². The van der Waals surface area contributed by atoms with Gasteiger partial charge in [0.1, 0.15) is 0 Å². The first-order valence-corrected chi connectivity index (χ1v) is 9.32. The van der Waals surface area contributed by atoms with Crippen molar-refractivity contribution in [2.45, 2.75) is 44.6 Å². The fraction of sp³-hybridized carbons (Fsp3) is 0.833. The zero-order valence-corrected chi connectivity index (χ0v) is 14.6. The van der Waals surface area contributed by atoms with Crippen LogP contribution in [0.4, 0.5) is 0 Å². The van der Waals surface area contributed by atoms with Gasteiger partial charge >= 0.3 is 0 Å². The number of rotatable bonds is 4. The Morgan fingerprint density at radius 3 is 2.91 bits per heavy atom. The Kier molecular flexibility index (Phi) is 6.34. The molecule has 0 aromatic rings. The van der Waals surface area contributed by atoms with E-state index in [4.69, 9.17) is 4.74 Å². The summed E-state index contributed by atoms with van der Waals surface area (Å²) in [5.41, 5.74) is 1.63. The molecule has 0 radical (unpaired) electrons. The lowest BCUT2D eigenvalue weighted by Crippen LogP contribution is -2.46. The Morgan fingerprint density at radius 1 is 1.30 bits per heavy atom. The molecule has 0 spiro atoms. The predicted octanol–water partition coefficient (Wildman–Crippen LogP) is 1.86. The summed E-state index contributed by atoms with van der Waals surface area (Å²) in [6, 6.07) is 0.665. The van der Waals surface area contributed by atoms with Gasteiger partial charge < -0.3 is 15.0 Å². The molecule has 130 valence electrons. The third-order valence-electron chi connectivity index (χ3n) is 5.35. The van der Waals surface area contributed by atoms with E-state index in [0.29, 0.717) is 6.04 Å². The van der Waals surface area contributed by atoms with Crippen molar-refractivity contribution in [3.8, 4) is 0 Å². The largest absolute Gasteiger partial charge is 0.379 e. The predicted molar refractivity (Wildman–Crippen MR) is 94.9 cm³/mol. The van der Waals surface area contributed by atoms with Crippen LogP contribution in [0.5, 0.6) is 0 Å². The molecule has 1 atom stereocenters. The number of hydrogen-bond acceptors (Lipinski definition) is 3. The Labute approximate surface area is 140 Å². The molecule has 3 aliphatic rings. The van der Waals surface area contributed by atoms with Gasteiger partial charge in [-0.3, -0.25) is 9.89 Å². The Morgan fingerprint density at radius 2 is 2.17 bits per heavy atom. The fourth-order valence-electron chi connectivity index (χ4n) is 3.97. The molecule has 2 saturated heterocycles. The molecule has 2 fully saturated rings. The van der Waals surface area contributed by atoms with E-state index >= 15 is 0 Å². The van der Waals surface area contributed by atoms with Crippen LogP contribution in [0.2, 0.25) is 0 Å². The highest BCUT2D eigenvalue weighted by molar-refractivity contribution is 5.80. The molecule has 2 heterocycles. The Hall–Kier alpha value is -1.07. The van der Waals surface area contributed by atoms with Crippen molar-refractivity contribution in [1.82, 2.24) is 15.1 Å². The molecule has 1 aliphatic carbocycles. The quantitative estimate of drug-likeness (QED) is 0.488. The van der Waals surface area contributed by atoms with Crippen molar-refractivity contribution in [3.63, 3.8) is 0 Å². The maximum absolute atomic E-state index is 5.47. The van der Waals surface area contributed by atoms with E-state index in [1.165, 1.54) is 38.5 Å². The number of nitrogens with one attached hydrogen (secondary N) is 1. The van der Waals surface area contributed by atoms with Crippen LogP contribution in [0.15, 0.2) is 16.6 Å². The molecule has 5 nitrogen and oxygen atoms in total. The van der Waals surface area contributed by atoms with E-state index in [-0.39, 0.29) is 0 Å². The van der Waals surface area contributed by atoms with Crippen LogP contribution in [-0.4, -0.2) is 74.8 Å². The average molecular weight is 320 g/mol. The van der Waals surface area contributed by atoms with Crippen LogP contribution in [0.1, 0.15) is 38.5 Å². The number of aliphatic imine (C=N–C) groups is 1. The lowest BCUT2D eigenvalue weighted by atomic mass is 9.97. The smallest absolute Gasteiger partial charge is 0.193 e. The van der Waals surface area contributed by atoms with Gasteiger partial charge in [-0.2, -0.15) is 0 Å². The van der Waals surface area contributed by atoms with Gasteiger partial charge in [0, 0.05) is 45.8 Å². The third-order valence-corrected chi connectivity index (χ3v) is 5.35. The zero-order valence-electron chi connectivity index (χ0n) is 14.6. The molecule has 5 heteroatoms. The fourth-order valence-corrected chi connectivity index (χ4v) is 3.97. The summed E-state index contributed by atoms with van der Waals surface area (Å²) in [6.07, 6.45) is 10.2. The summed E-state index contributed by atoms with van der Waals surface area (Å²) in [5, 5.41) is 3.57. The molecule has 1 unspecified atom stereocenters. The van der Waals surface area contributed by atoms with Gasteiger partial charge in [-0.05, 0) is 38.5 Å². The van der Waals surface area contributed by atoms with Gasteiger partial charge in [0.2, 0.25) is 0 Å². The zero-order chi connectivity index (χ0) is 15.9. The minimum atomic E-state index is 0.665. The summed E-state index contributed by atoms with van der Waals surface area (Å²) in [7, 11) is 1.91. The van der Waals surface area contributed by atoms with E-state index in [2.05, 4.69) is 26.2 Å². The molecule has 0 aromatic heterocycles. The number of ether oxygens (including phenoxy) is 1. The number of nitrogens with zero attached hydrogens (tertiary/aromatic N) is 3. The maximum Gasteiger partial charge on any atom is 0.193 e. The second-order valence-electron chi connectivity index (χ2n) is 6.87. The monoisotopic (exact) mass is 320 g/mol. The summed E-state index contributed by atoms with van der Waals surface area (Å²) in [4.78, 5) is 9.51. The molecule has 23 heavy (non-hydrogen) atoms. The number of morpholine rings is 1. The number of likely N-dealkylation sites (tertiary alicyclic amines) is 1. The summed E-state index contributed by atoms with van der Waals surface area (Å²) < 4.78 is 5.47. The van der Waals surface area contributed by atoms with E-state index in [0.717, 1.165) is 51.9 Å². The molecule has 2 aliphatic heterocycles. The molecule has 0 saturated carbocycles. The highest BCUT2D eigenvalue weighted by Crippen LogP contribution is 2.20. The Balaban J connectivity index is 1.42. The summed E-state index contributed by atoms with van der Waals surface area (Å²) in [6.45, 7) is 7.17.